The van der Waals surface area contributed by atoms with Gasteiger partial charge in [-0.05, 0) is 47.0 Å². The third-order valence-corrected chi connectivity index (χ3v) is 2.94. The van der Waals surface area contributed by atoms with Gasteiger partial charge in [0.15, 0.2) is 0 Å². The summed E-state index contributed by atoms with van der Waals surface area (Å²) in [5, 5.41) is 0. The summed E-state index contributed by atoms with van der Waals surface area (Å²) in [4.78, 5) is 31.1. The minimum Gasteiger partial charge on any atom is -0.444 e. The molecule has 0 aliphatic rings. The van der Waals surface area contributed by atoms with Crippen LogP contribution in [0.2, 0.25) is 0 Å². The van der Waals surface area contributed by atoms with Crippen LogP contribution in [-0.4, -0.2) is 59.9 Å². The van der Waals surface area contributed by atoms with E-state index in [1.807, 2.05) is 51.9 Å². The van der Waals surface area contributed by atoms with Crippen molar-refractivity contribution < 1.29 is 14.3 Å². The van der Waals surface area contributed by atoms with Gasteiger partial charge in [0.1, 0.15) is 11.9 Å². The third kappa shape index (κ3) is 7.87. The number of likely N-dealkylation sites (N-methyl/N-ethyl adjacent to an activating group) is 1. The number of amides is 1. The van der Waals surface area contributed by atoms with Gasteiger partial charge in [0, 0.05) is 24.8 Å². The lowest BCUT2D eigenvalue weighted by molar-refractivity contribution is 0.0254. The fourth-order valence-electron chi connectivity index (χ4n) is 1.87. The van der Waals surface area contributed by atoms with Crippen molar-refractivity contribution >= 4 is 12.4 Å². The minimum atomic E-state index is -0.569. The molecule has 0 unspecified atom stereocenters. The number of pyridine rings is 1. The molecule has 1 rings (SSSR count). The summed E-state index contributed by atoms with van der Waals surface area (Å²) in [5.74, 6) is 0. The van der Waals surface area contributed by atoms with Crippen LogP contribution in [0.1, 0.15) is 36.8 Å². The largest absolute Gasteiger partial charge is 0.444 e. The van der Waals surface area contributed by atoms with Gasteiger partial charge in [-0.1, -0.05) is 12.2 Å². The summed E-state index contributed by atoms with van der Waals surface area (Å²) in [5.41, 5.74) is 0.611. The summed E-state index contributed by atoms with van der Waals surface area (Å²) in [6.07, 6.45) is 5.84. The van der Waals surface area contributed by atoms with Gasteiger partial charge in [-0.15, -0.1) is 0 Å². The van der Waals surface area contributed by atoms with Crippen molar-refractivity contribution in [3.05, 3.63) is 41.7 Å². The first-order valence-corrected chi connectivity index (χ1v) is 7.89. The van der Waals surface area contributed by atoms with E-state index in [-0.39, 0.29) is 6.54 Å². The molecule has 1 aromatic rings. The second-order valence-corrected chi connectivity index (χ2v) is 6.79. The Hall–Kier alpha value is -2.21. The van der Waals surface area contributed by atoms with Crippen molar-refractivity contribution in [1.29, 1.82) is 0 Å². The standard InChI is InChI=1S/C18H27N3O3/c1-18(2,3)24-17(23)21(11-7-6-10-20(4)5)13-16-12-15(14-22)8-9-19-16/h6-9,12,14H,10-11,13H2,1-5H3/b7-6-. The number of carbonyl (C=O) groups is 2. The van der Waals surface area contributed by atoms with Gasteiger partial charge in [0.2, 0.25) is 0 Å². The van der Waals surface area contributed by atoms with Crippen LogP contribution in [0.15, 0.2) is 30.5 Å². The van der Waals surface area contributed by atoms with Crippen LogP contribution in [0.25, 0.3) is 0 Å². The molecule has 0 bridgehead atoms. The van der Waals surface area contributed by atoms with Crippen LogP contribution in [0.3, 0.4) is 0 Å². The maximum absolute atomic E-state index is 12.4. The lowest BCUT2D eigenvalue weighted by atomic mass is 10.2. The Morgan fingerprint density at radius 1 is 1.25 bits per heavy atom. The van der Waals surface area contributed by atoms with Crippen LogP contribution < -0.4 is 0 Å². The minimum absolute atomic E-state index is 0.281. The molecule has 0 aliphatic carbocycles. The first kappa shape index (κ1) is 19.8. The number of nitrogens with zero attached hydrogens (tertiary/aromatic N) is 3. The van der Waals surface area contributed by atoms with Gasteiger partial charge in [-0.3, -0.25) is 14.7 Å². The van der Waals surface area contributed by atoms with Crippen molar-refractivity contribution in [2.75, 3.05) is 27.2 Å². The Bertz CT molecular complexity index is 577. The molecule has 24 heavy (non-hydrogen) atoms. The molecule has 0 N–H and O–H groups in total. The number of hydrogen-bond donors (Lipinski definition) is 0. The fourth-order valence-corrected chi connectivity index (χ4v) is 1.87. The number of ether oxygens (including phenoxy) is 1. The Kier molecular flexibility index (Phi) is 7.58. The van der Waals surface area contributed by atoms with Gasteiger partial charge >= 0.3 is 6.09 Å². The Balaban J connectivity index is 2.84. The second-order valence-electron chi connectivity index (χ2n) is 6.79. The molecule has 0 saturated carbocycles. The number of rotatable bonds is 7. The zero-order chi connectivity index (χ0) is 18.2. The SMILES string of the molecule is CN(C)C/C=C\CN(Cc1cc(C=O)ccn1)C(=O)OC(C)(C)C. The van der Waals surface area contributed by atoms with E-state index in [1.165, 1.54) is 0 Å². The zero-order valence-electron chi connectivity index (χ0n) is 15.2. The molecular weight excluding hydrogens is 306 g/mol. The van der Waals surface area contributed by atoms with E-state index in [9.17, 15) is 9.59 Å². The van der Waals surface area contributed by atoms with E-state index < -0.39 is 11.7 Å². The predicted octanol–water partition coefficient (Wildman–Crippen LogP) is 2.75. The summed E-state index contributed by atoms with van der Waals surface area (Å²) in [6, 6.07) is 3.30. The molecule has 0 aliphatic heterocycles. The quantitative estimate of drug-likeness (QED) is 0.567. The van der Waals surface area contributed by atoms with E-state index in [4.69, 9.17) is 4.74 Å². The van der Waals surface area contributed by atoms with Crippen LogP contribution >= 0.6 is 0 Å². The molecule has 1 heterocycles. The molecule has 0 spiro atoms. The maximum atomic E-state index is 12.4. The molecular formula is C18H27N3O3. The van der Waals surface area contributed by atoms with Gasteiger partial charge in [-0.25, -0.2) is 4.79 Å². The monoisotopic (exact) mass is 333 g/mol. The summed E-state index contributed by atoms with van der Waals surface area (Å²) < 4.78 is 5.45. The van der Waals surface area contributed by atoms with E-state index in [2.05, 4.69) is 4.98 Å². The molecule has 0 atom stereocenters. The van der Waals surface area contributed by atoms with Crippen molar-refractivity contribution in [1.82, 2.24) is 14.8 Å². The van der Waals surface area contributed by atoms with Crippen LogP contribution in [0.4, 0.5) is 4.79 Å². The second kappa shape index (κ2) is 9.17. The first-order chi connectivity index (χ1) is 11.2. The molecule has 6 heteroatoms. The van der Waals surface area contributed by atoms with Crippen molar-refractivity contribution in [3.63, 3.8) is 0 Å². The van der Waals surface area contributed by atoms with E-state index in [0.29, 0.717) is 17.8 Å². The Labute approximate surface area is 144 Å². The maximum Gasteiger partial charge on any atom is 0.410 e. The Morgan fingerprint density at radius 3 is 2.50 bits per heavy atom. The molecule has 1 amide bonds. The lowest BCUT2D eigenvalue weighted by Crippen LogP contribution is -2.36. The fraction of sp³-hybridized carbons (Fsp3) is 0.500. The Morgan fingerprint density at radius 2 is 1.92 bits per heavy atom. The van der Waals surface area contributed by atoms with E-state index in [1.54, 1.807) is 23.2 Å². The lowest BCUT2D eigenvalue weighted by Gasteiger charge is -2.26. The van der Waals surface area contributed by atoms with E-state index in [0.717, 1.165) is 12.8 Å². The van der Waals surface area contributed by atoms with Gasteiger partial charge in [-0.2, -0.15) is 0 Å². The predicted molar refractivity (Wildman–Crippen MR) is 94.0 cm³/mol. The smallest absolute Gasteiger partial charge is 0.410 e. The van der Waals surface area contributed by atoms with Crippen molar-refractivity contribution in [2.24, 2.45) is 0 Å². The molecule has 0 saturated heterocycles. The highest BCUT2D eigenvalue weighted by Gasteiger charge is 2.22. The van der Waals surface area contributed by atoms with Crippen LogP contribution in [0, 0.1) is 0 Å². The molecule has 0 radical (unpaired) electrons. The molecule has 0 aromatic carbocycles. The summed E-state index contributed by atoms with van der Waals surface area (Å²) in [6.45, 7) is 6.97. The van der Waals surface area contributed by atoms with Gasteiger partial charge in [0.25, 0.3) is 0 Å². The third-order valence-electron chi connectivity index (χ3n) is 2.94. The van der Waals surface area contributed by atoms with Crippen LogP contribution in [-0.2, 0) is 11.3 Å². The van der Waals surface area contributed by atoms with Crippen molar-refractivity contribution in [2.45, 2.75) is 32.9 Å². The highest BCUT2D eigenvalue weighted by atomic mass is 16.6. The zero-order valence-corrected chi connectivity index (χ0v) is 15.2. The highest BCUT2D eigenvalue weighted by molar-refractivity contribution is 5.74. The molecule has 0 fully saturated rings. The van der Waals surface area contributed by atoms with Gasteiger partial charge < -0.3 is 9.64 Å². The normalized spacial score (nSPS) is 11.8. The van der Waals surface area contributed by atoms with Crippen LogP contribution in [0.5, 0.6) is 0 Å². The summed E-state index contributed by atoms with van der Waals surface area (Å²) >= 11 is 0. The molecule has 6 nitrogen and oxygen atoms in total. The van der Waals surface area contributed by atoms with E-state index >= 15 is 0 Å². The average molecular weight is 333 g/mol. The number of hydrogen-bond acceptors (Lipinski definition) is 5. The molecule has 1 aromatic heterocycles. The number of aldehydes is 1. The van der Waals surface area contributed by atoms with Gasteiger partial charge in [0.05, 0.1) is 12.2 Å². The number of aromatic nitrogens is 1. The summed E-state index contributed by atoms with van der Waals surface area (Å²) in [7, 11) is 3.95. The highest BCUT2D eigenvalue weighted by Crippen LogP contribution is 2.12. The van der Waals surface area contributed by atoms with Crippen molar-refractivity contribution in [3.8, 4) is 0 Å². The average Bonchev–Trinajstić information content (AvgIpc) is 2.48. The topological polar surface area (TPSA) is 62.7 Å². The first-order valence-electron chi connectivity index (χ1n) is 7.89. The number of carbonyl (C=O) groups excluding carboxylic acids is 2. The molecule has 132 valence electrons.